The van der Waals surface area contributed by atoms with Gasteiger partial charge in [-0.1, -0.05) is 24.3 Å². The van der Waals surface area contributed by atoms with E-state index in [2.05, 4.69) is 111 Å². The average molecular weight is 832 g/mol. The van der Waals surface area contributed by atoms with Crippen molar-refractivity contribution >= 4 is 84.7 Å². The molecule has 2 aliphatic heterocycles. The summed E-state index contributed by atoms with van der Waals surface area (Å²) < 4.78 is 0. The maximum Gasteiger partial charge on any atom is 0.117 e. The molecule has 10 aromatic rings. The lowest BCUT2D eigenvalue weighted by Gasteiger charge is -2.09. The van der Waals surface area contributed by atoms with Gasteiger partial charge in [0, 0.05) is 124 Å². The van der Waals surface area contributed by atoms with Gasteiger partial charge in [0.15, 0.2) is 0 Å². The van der Waals surface area contributed by atoms with Crippen molar-refractivity contribution in [2.45, 2.75) is 13.3 Å². The van der Waals surface area contributed by atoms with Gasteiger partial charge in [-0.2, -0.15) is 0 Å². The second-order valence-electron chi connectivity index (χ2n) is 16.8. The molecule has 0 radical (unpaired) electrons. The Bertz CT molecular complexity index is 3860. The Labute approximate surface area is 364 Å². The number of allylic oxidation sites excluding steroid dienone is 1. The molecule has 0 saturated heterocycles. The summed E-state index contributed by atoms with van der Waals surface area (Å²) in [5, 5.41) is 34.3. The van der Waals surface area contributed by atoms with Gasteiger partial charge >= 0.3 is 0 Å². The minimum absolute atomic E-state index is 0.177. The summed E-state index contributed by atoms with van der Waals surface area (Å²) in [7, 11) is 0. The molecule has 8 heterocycles. The first-order valence-corrected chi connectivity index (χ1v) is 21.2. The van der Waals surface area contributed by atoms with Crippen molar-refractivity contribution in [1.82, 2.24) is 34.9 Å². The van der Waals surface area contributed by atoms with Gasteiger partial charge in [0.25, 0.3) is 0 Å². The molecule has 0 atom stereocenters. The summed E-state index contributed by atoms with van der Waals surface area (Å²) in [5.74, 6) is 0.595. The smallest absolute Gasteiger partial charge is 0.117 e. The zero-order valence-electron chi connectivity index (χ0n) is 34.3. The third-order valence-electron chi connectivity index (χ3n) is 12.9. The van der Waals surface area contributed by atoms with Crippen molar-refractivity contribution in [3.05, 3.63) is 167 Å². The van der Waals surface area contributed by atoms with E-state index >= 15 is 0 Å². The first kappa shape index (κ1) is 35.9. The fourth-order valence-corrected chi connectivity index (χ4v) is 10.00. The number of aromatic hydroxyl groups is 3. The molecule has 10 nitrogen and oxygen atoms in total. The van der Waals surface area contributed by atoms with E-state index in [0.29, 0.717) is 6.42 Å². The van der Waals surface area contributed by atoms with Crippen molar-refractivity contribution < 1.29 is 15.3 Å². The van der Waals surface area contributed by atoms with Crippen LogP contribution in [0.5, 0.6) is 17.2 Å². The van der Waals surface area contributed by atoms with Gasteiger partial charge in [-0.25, -0.2) is 9.97 Å². The third-order valence-corrected chi connectivity index (χ3v) is 12.9. The fraction of sp³-hybridized carbons (Fsp3) is 0.0370. The highest BCUT2D eigenvalue weighted by atomic mass is 16.3. The topological polar surface area (TPSA) is 165 Å². The summed E-state index contributed by atoms with van der Waals surface area (Å²) in [5.41, 5.74) is 20.0. The minimum Gasteiger partial charge on any atom is -0.508 e. The van der Waals surface area contributed by atoms with Crippen LogP contribution in [0.25, 0.3) is 118 Å². The number of fused-ring (bicyclic) bond motifs is 12. The van der Waals surface area contributed by atoms with Crippen LogP contribution < -0.4 is 0 Å². The Kier molecular flexibility index (Phi) is 7.51. The lowest BCUT2D eigenvalue weighted by atomic mass is 9.97. The van der Waals surface area contributed by atoms with Crippen molar-refractivity contribution in [3.63, 3.8) is 0 Å². The van der Waals surface area contributed by atoms with Gasteiger partial charge in [0.2, 0.25) is 0 Å². The molecule has 0 unspecified atom stereocenters. The molecule has 13 rings (SSSR count). The van der Waals surface area contributed by atoms with E-state index in [-0.39, 0.29) is 17.2 Å². The zero-order chi connectivity index (χ0) is 42.8. The number of benzene rings is 4. The highest BCUT2D eigenvalue weighted by Gasteiger charge is 2.25. The predicted molar refractivity (Wildman–Crippen MR) is 258 cm³/mol. The molecule has 0 amide bonds. The van der Waals surface area contributed by atoms with Crippen LogP contribution in [0.3, 0.4) is 0 Å². The predicted octanol–water partition coefficient (Wildman–Crippen LogP) is 12.5. The molecule has 3 aliphatic rings. The zero-order valence-corrected chi connectivity index (χ0v) is 34.3. The number of H-pyrrole nitrogens is 5. The SMILES string of the molecule is Cc1ccc2c(-c3c4nc(c(C5=CCc6cc(O)ccc65)c5ccc([nH]5)c(-c5c[nH]c6cc(O)ccc56)c5nc(c(-c6c[nH]c7cc(O)ccc67)c6ccc3[nH]6)C=C5)C=C4)c[nH]c2c1. The van der Waals surface area contributed by atoms with E-state index < -0.39 is 0 Å². The number of nitrogens with one attached hydrogen (secondary N) is 5. The van der Waals surface area contributed by atoms with Crippen LogP contribution in [0.4, 0.5) is 0 Å². The molecule has 0 saturated carbocycles. The van der Waals surface area contributed by atoms with Gasteiger partial charge in [-0.15, -0.1) is 0 Å². The van der Waals surface area contributed by atoms with Crippen LogP contribution in [0.2, 0.25) is 0 Å². The average Bonchev–Trinajstić information content (AvgIpc) is 4.14. The van der Waals surface area contributed by atoms with Gasteiger partial charge in [0.05, 0.1) is 22.8 Å². The van der Waals surface area contributed by atoms with Gasteiger partial charge in [-0.05, 0) is 127 Å². The van der Waals surface area contributed by atoms with E-state index in [1.54, 1.807) is 30.3 Å². The molecule has 0 spiro atoms. The van der Waals surface area contributed by atoms with E-state index in [4.69, 9.17) is 9.97 Å². The van der Waals surface area contributed by atoms with E-state index in [0.717, 1.165) is 133 Å². The Morgan fingerprint density at radius 3 is 1.36 bits per heavy atom. The number of rotatable bonds is 4. The third kappa shape index (κ3) is 5.45. The van der Waals surface area contributed by atoms with E-state index in [9.17, 15) is 15.3 Å². The van der Waals surface area contributed by atoms with Crippen LogP contribution in [0, 0.1) is 6.92 Å². The molecular formula is C54H37N7O3. The molecule has 4 aromatic carbocycles. The Hall–Kier alpha value is -8.76. The lowest BCUT2D eigenvalue weighted by molar-refractivity contribution is 0.474. The molecule has 8 N–H and O–H groups in total. The molecule has 10 heteroatoms. The molecule has 64 heavy (non-hydrogen) atoms. The second-order valence-corrected chi connectivity index (χ2v) is 16.8. The normalized spacial score (nSPS) is 13.2. The minimum atomic E-state index is 0.177. The van der Waals surface area contributed by atoms with Gasteiger partial charge in [-0.3, -0.25) is 0 Å². The molecule has 1 aliphatic carbocycles. The summed E-state index contributed by atoms with van der Waals surface area (Å²) in [6, 6.07) is 31.3. The summed E-state index contributed by atoms with van der Waals surface area (Å²) in [4.78, 5) is 29.1. The van der Waals surface area contributed by atoms with Gasteiger partial charge < -0.3 is 40.2 Å². The van der Waals surface area contributed by atoms with E-state index in [1.165, 1.54) is 5.56 Å². The second kappa shape index (κ2) is 13.4. The summed E-state index contributed by atoms with van der Waals surface area (Å²) >= 11 is 0. The maximum atomic E-state index is 10.5. The largest absolute Gasteiger partial charge is 0.508 e. The highest BCUT2D eigenvalue weighted by Crippen LogP contribution is 2.44. The van der Waals surface area contributed by atoms with Crippen molar-refractivity contribution in [2.75, 3.05) is 0 Å². The maximum absolute atomic E-state index is 10.5. The molecule has 306 valence electrons. The summed E-state index contributed by atoms with van der Waals surface area (Å²) in [6.07, 6.45) is 17.3. The van der Waals surface area contributed by atoms with Crippen molar-refractivity contribution in [2.24, 2.45) is 0 Å². The fourth-order valence-electron chi connectivity index (χ4n) is 10.00. The molecule has 0 fully saturated rings. The first-order valence-electron chi connectivity index (χ1n) is 21.2. The molecule has 8 bridgehead atoms. The highest BCUT2D eigenvalue weighted by molar-refractivity contribution is 6.09. The van der Waals surface area contributed by atoms with Crippen LogP contribution in [-0.2, 0) is 6.42 Å². The van der Waals surface area contributed by atoms with Crippen LogP contribution in [-0.4, -0.2) is 50.2 Å². The van der Waals surface area contributed by atoms with Crippen LogP contribution in [0.1, 0.15) is 45.0 Å². The standard InChI is InChI=1S/C54H37N7O3/c1-27-2-7-33-37(24-55-48(33)20-27)52-42-14-12-40(58-42)51(36-8-3-28-21-29(62)4-9-32(28)36)41-13-15-43(59-41)53(38-25-56-49-22-30(63)5-10-34(38)49)45-18-19-47(61-45)54(46-17-16-44(52)60-46)39-26-57-50-23-31(64)6-11-35(39)50/h2,4-26,55-57,59-60,62-64H,3H2,1H3. The number of aromatic amines is 5. The first-order chi connectivity index (χ1) is 31.3. The Morgan fingerprint density at radius 2 is 0.844 bits per heavy atom. The number of phenolic OH excluding ortho intramolecular Hbond substituents is 3. The van der Waals surface area contributed by atoms with Crippen molar-refractivity contribution in [1.29, 1.82) is 0 Å². The number of phenols is 3. The van der Waals surface area contributed by atoms with Gasteiger partial charge in [0.1, 0.15) is 17.2 Å². The van der Waals surface area contributed by atoms with Crippen molar-refractivity contribution in [3.8, 4) is 50.6 Å². The lowest BCUT2D eigenvalue weighted by Crippen LogP contribution is -1.93. The molecule has 6 aromatic heterocycles. The van der Waals surface area contributed by atoms with E-state index in [1.807, 2.05) is 36.7 Å². The number of aromatic nitrogens is 7. The molecular weight excluding hydrogens is 795 g/mol. The monoisotopic (exact) mass is 831 g/mol. The number of hydrogen-bond acceptors (Lipinski definition) is 5. The van der Waals surface area contributed by atoms with Crippen LogP contribution in [0.15, 0.2) is 122 Å². The quantitative estimate of drug-likeness (QED) is 0.0883. The Morgan fingerprint density at radius 1 is 0.422 bits per heavy atom. The van der Waals surface area contributed by atoms with Crippen LogP contribution >= 0.6 is 0 Å². The number of nitrogens with zero attached hydrogens (tertiary/aromatic N) is 2. The summed E-state index contributed by atoms with van der Waals surface area (Å²) in [6.45, 7) is 2.10. The number of aryl methyl sites for hydroxylation is 1. The Balaban J connectivity index is 1.20. The number of hydrogen-bond donors (Lipinski definition) is 8.